The van der Waals surface area contributed by atoms with Crippen LogP contribution < -0.4 is 0 Å². The summed E-state index contributed by atoms with van der Waals surface area (Å²) in [6.07, 6.45) is 3.92. The highest BCUT2D eigenvalue weighted by Gasteiger charge is 2.73. The van der Waals surface area contributed by atoms with E-state index in [1.165, 1.54) is 13.0 Å². The summed E-state index contributed by atoms with van der Waals surface area (Å²) < 4.78 is 0. The summed E-state index contributed by atoms with van der Waals surface area (Å²) in [6, 6.07) is 5.11. The zero-order valence-electron chi connectivity index (χ0n) is 23.1. The van der Waals surface area contributed by atoms with Crippen LogP contribution in [-0.4, -0.2) is 38.3 Å². The molecule has 3 aliphatic carbocycles. The lowest BCUT2D eigenvalue weighted by Gasteiger charge is -2.62. The first-order valence-corrected chi connectivity index (χ1v) is 13.4. The van der Waals surface area contributed by atoms with Crippen molar-refractivity contribution < 1.29 is 29.7 Å². The summed E-state index contributed by atoms with van der Waals surface area (Å²) >= 11 is 0. The van der Waals surface area contributed by atoms with Gasteiger partial charge in [0.25, 0.3) is 0 Å². The van der Waals surface area contributed by atoms with Crippen LogP contribution >= 0.6 is 0 Å². The molecule has 1 aromatic carbocycles. The summed E-state index contributed by atoms with van der Waals surface area (Å²) in [6.45, 7) is 13.0. The van der Waals surface area contributed by atoms with E-state index in [9.17, 15) is 29.7 Å². The van der Waals surface area contributed by atoms with E-state index in [2.05, 4.69) is 13.8 Å². The average molecular weight is 509 g/mol. The van der Waals surface area contributed by atoms with Crippen molar-refractivity contribution in [2.45, 2.75) is 92.1 Å². The number of benzene rings is 1. The second-order valence-corrected chi connectivity index (χ2v) is 12.4. The number of hydrogen-bond donors (Lipinski definition) is 3. The van der Waals surface area contributed by atoms with E-state index in [1.54, 1.807) is 19.9 Å². The summed E-state index contributed by atoms with van der Waals surface area (Å²) in [5.74, 6) is -2.83. The number of aromatic hydroxyl groups is 1. The van der Waals surface area contributed by atoms with Gasteiger partial charge in [0.15, 0.2) is 11.4 Å². The van der Waals surface area contributed by atoms with E-state index in [-0.39, 0.29) is 40.6 Å². The predicted octanol–water partition coefficient (Wildman–Crippen LogP) is 5.82. The lowest BCUT2D eigenvalue weighted by molar-refractivity contribution is -0.182. The molecule has 1 aromatic rings. The van der Waals surface area contributed by atoms with Gasteiger partial charge in [-0.3, -0.25) is 14.4 Å². The Morgan fingerprint density at radius 2 is 1.76 bits per heavy atom. The Morgan fingerprint density at radius 3 is 2.35 bits per heavy atom. The third-order valence-electron chi connectivity index (χ3n) is 9.91. The van der Waals surface area contributed by atoms with Gasteiger partial charge in [-0.25, -0.2) is 0 Å². The van der Waals surface area contributed by atoms with Gasteiger partial charge in [0.2, 0.25) is 11.6 Å². The van der Waals surface area contributed by atoms with Gasteiger partial charge in [-0.05, 0) is 56.1 Å². The van der Waals surface area contributed by atoms with Crippen LogP contribution in [0.15, 0.2) is 34.9 Å². The van der Waals surface area contributed by atoms with E-state index in [0.29, 0.717) is 11.5 Å². The maximum absolute atomic E-state index is 14.3. The van der Waals surface area contributed by atoms with Gasteiger partial charge >= 0.3 is 0 Å². The predicted molar refractivity (Wildman–Crippen MR) is 142 cm³/mol. The number of carbonyl (C=O) groups excluding carboxylic acids is 3. The smallest absolute Gasteiger partial charge is 0.206 e. The van der Waals surface area contributed by atoms with Crippen molar-refractivity contribution in [3.8, 4) is 5.75 Å². The van der Waals surface area contributed by atoms with Gasteiger partial charge in [-0.15, -0.1) is 0 Å². The normalized spacial score (nSPS) is 33.4. The number of aliphatic hydroxyl groups is 2. The molecule has 37 heavy (non-hydrogen) atoms. The number of allylic oxidation sites excluding steroid dienone is 1. The Morgan fingerprint density at radius 1 is 1.11 bits per heavy atom. The van der Waals surface area contributed by atoms with Crippen LogP contribution in [0, 0.1) is 22.7 Å². The Balaban J connectivity index is 1.98. The van der Waals surface area contributed by atoms with Crippen molar-refractivity contribution in [1.82, 2.24) is 0 Å². The standard InChI is InChI=1S/C31H40O6/c1-16(2)11-8-9-13-21-20-12-10-14-22(33)24(20)26(34)25-28(36)31(37)27(35)23(18(4)32)17(3)15-29(31,6)19(5)30(21,25)7/h10,12,14,16,19,21,33-34,37H,8-9,11,13,15H2,1-7H3/t19-,21-,29-,30-,31-/m1/s1. The van der Waals surface area contributed by atoms with Crippen molar-refractivity contribution in [3.63, 3.8) is 0 Å². The van der Waals surface area contributed by atoms with Crippen LogP contribution in [-0.2, 0) is 14.4 Å². The lowest BCUT2D eigenvalue weighted by atomic mass is 9.40. The molecule has 3 N–H and O–H groups in total. The van der Waals surface area contributed by atoms with Crippen LogP contribution in [0.3, 0.4) is 0 Å². The molecule has 0 spiro atoms. The van der Waals surface area contributed by atoms with Gasteiger partial charge in [-0.2, -0.15) is 0 Å². The topological polar surface area (TPSA) is 112 Å². The fraction of sp³-hybridized carbons (Fsp3) is 0.581. The quantitative estimate of drug-likeness (QED) is 0.254. The van der Waals surface area contributed by atoms with Crippen LogP contribution in [0.1, 0.15) is 97.6 Å². The molecule has 0 saturated heterocycles. The maximum atomic E-state index is 14.3. The maximum Gasteiger partial charge on any atom is 0.206 e. The van der Waals surface area contributed by atoms with E-state index < -0.39 is 39.7 Å². The summed E-state index contributed by atoms with van der Waals surface area (Å²) in [5.41, 5.74) is -3.18. The molecule has 0 radical (unpaired) electrons. The number of carbonyl (C=O) groups is 3. The summed E-state index contributed by atoms with van der Waals surface area (Å²) in [4.78, 5) is 40.5. The minimum Gasteiger partial charge on any atom is -0.507 e. The van der Waals surface area contributed by atoms with Gasteiger partial charge < -0.3 is 15.3 Å². The highest BCUT2D eigenvalue weighted by molar-refractivity contribution is 6.33. The highest BCUT2D eigenvalue weighted by atomic mass is 16.3. The number of phenolic OH excluding ortho intramolecular Hbond substituents is 1. The first kappa shape index (κ1) is 27.3. The highest BCUT2D eigenvalue weighted by Crippen LogP contribution is 2.68. The van der Waals surface area contributed by atoms with E-state index in [4.69, 9.17) is 0 Å². The Kier molecular flexibility index (Phi) is 6.59. The number of rotatable bonds is 6. The lowest BCUT2D eigenvalue weighted by Crippen LogP contribution is -2.71. The third kappa shape index (κ3) is 3.51. The Bertz CT molecular complexity index is 1250. The molecule has 5 atom stereocenters. The van der Waals surface area contributed by atoms with E-state index >= 15 is 0 Å². The van der Waals surface area contributed by atoms with Crippen molar-refractivity contribution in [3.05, 3.63) is 46.0 Å². The third-order valence-corrected chi connectivity index (χ3v) is 9.91. The molecule has 1 saturated carbocycles. The van der Waals surface area contributed by atoms with Crippen LogP contribution in [0.4, 0.5) is 0 Å². The number of Topliss-reactive ketones (excluding diaryl/α,β-unsaturated/α-hetero) is 3. The van der Waals surface area contributed by atoms with Crippen molar-refractivity contribution >= 4 is 23.1 Å². The second kappa shape index (κ2) is 8.93. The number of fused-ring (bicyclic) bond motifs is 3. The number of ketones is 3. The number of aliphatic hydroxyl groups excluding tert-OH is 1. The molecule has 0 aliphatic heterocycles. The Labute approximate surface area is 219 Å². The minimum atomic E-state index is -2.49. The molecule has 3 aliphatic rings. The van der Waals surface area contributed by atoms with Gasteiger partial charge in [0.1, 0.15) is 11.5 Å². The molecular formula is C31H40O6. The molecule has 0 aromatic heterocycles. The Hall–Kier alpha value is -2.73. The number of unbranched alkanes of at least 4 members (excludes halogenated alkanes) is 1. The fourth-order valence-corrected chi connectivity index (χ4v) is 7.74. The summed E-state index contributed by atoms with van der Waals surface area (Å²) in [7, 11) is 0. The first-order chi connectivity index (χ1) is 17.2. The first-order valence-electron chi connectivity index (χ1n) is 13.4. The van der Waals surface area contributed by atoms with Crippen LogP contribution in [0.5, 0.6) is 5.75 Å². The number of phenols is 1. The fourth-order valence-electron chi connectivity index (χ4n) is 7.74. The monoisotopic (exact) mass is 508 g/mol. The van der Waals surface area contributed by atoms with Gasteiger partial charge in [0, 0.05) is 16.4 Å². The second-order valence-electron chi connectivity index (χ2n) is 12.4. The molecule has 0 amide bonds. The SMILES string of the molecule is CC(=O)C1=C(C)C[C@]2(C)[C@@H](C)[C@@]3(C)C(=C(O)c4c(O)cccc4[C@H]3CCCCC(C)C)C(=O)[C@]2(O)C1=O. The molecular weight excluding hydrogens is 468 g/mol. The van der Waals surface area contributed by atoms with Crippen molar-refractivity contribution in [2.75, 3.05) is 0 Å². The molecule has 0 unspecified atom stereocenters. The largest absolute Gasteiger partial charge is 0.507 e. The average Bonchev–Trinajstić information content (AvgIpc) is 2.80. The minimum absolute atomic E-state index is 0.0151. The van der Waals surface area contributed by atoms with Gasteiger partial charge in [0.05, 0.1) is 11.1 Å². The summed E-state index contributed by atoms with van der Waals surface area (Å²) in [5, 5.41) is 34.4. The van der Waals surface area contributed by atoms with Crippen molar-refractivity contribution in [2.24, 2.45) is 22.7 Å². The number of hydrogen-bond acceptors (Lipinski definition) is 6. The molecule has 0 bridgehead atoms. The zero-order valence-corrected chi connectivity index (χ0v) is 23.1. The van der Waals surface area contributed by atoms with Gasteiger partial charge in [-0.1, -0.05) is 71.6 Å². The molecule has 1 fully saturated rings. The zero-order chi connectivity index (χ0) is 27.7. The molecule has 6 heteroatoms. The van der Waals surface area contributed by atoms with Crippen molar-refractivity contribution in [1.29, 1.82) is 0 Å². The molecule has 0 heterocycles. The molecule has 200 valence electrons. The van der Waals surface area contributed by atoms with Crippen LogP contribution in [0.2, 0.25) is 0 Å². The van der Waals surface area contributed by atoms with E-state index in [0.717, 1.165) is 31.2 Å². The molecule has 6 nitrogen and oxygen atoms in total. The molecule has 4 rings (SSSR count). The van der Waals surface area contributed by atoms with E-state index in [1.807, 2.05) is 19.9 Å². The van der Waals surface area contributed by atoms with Crippen LogP contribution in [0.25, 0.3) is 5.76 Å².